The lowest BCUT2D eigenvalue weighted by atomic mass is 10.2. The van der Waals surface area contributed by atoms with Crippen LogP contribution in [0.3, 0.4) is 0 Å². The Hall–Kier alpha value is -3.55. The zero-order valence-electron chi connectivity index (χ0n) is 15.7. The molecule has 0 saturated heterocycles. The van der Waals surface area contributed by atoms with Crippen LogP contribution in [0, 0.1) is 5.92 Å². The molecule has 0 radical (unpaired) electrons. The molecule has 148 valence electrons. The zero-order valence-corrected chi connectivity index (χ0v) is 15.7. The first kappa shape index (κ1) is 17.5. The number of carbonyl (C=O) groups is 2. The first-order valence-electron chi connectivity index (χ1n) is 9.59. The smallest absolute Gasteiger partial charge is 0.244 e. The molecule has 1 saturated carbocycles. The molecule has 1 aliphatic heterocycles. The summed E-state index contributed by atoms with van der Waals surface area (Å²) in [7, 11) is 0. The van der Waals surface area contributed by atoms with Gasteiger partial charge in [-0.2, -0.15) is 0 Å². The van der Waals surface area contributed by atoms with E-state index in [-0.39, 0.29) is 31.1 Å². The van der Waals surface area contributed by atoms with E-state index >= 15 is 0 Å². The Morgan fingerprint density at radius 1 is 1.10 bits per heavy atom. The van der Waals surface area contributed by atoms with Gasteiger partial charge in [0.05, 0.1) is 17.6 Å². The highest BCUT2D eigenvalue weighted by Gasteiger charge is 2.29. The number of amides is 2. The molecule has 5 rings (SSSR count). The Balaban J connectivity index is 1.34. The van der Waals surface area contributed by atoms with E-state index in [4.69, 9.17) is 9.47 Å². The predicted molar refractivity (Wildman–Crippen MR) is 105 cm³/mol. The van der Waals surface area contributed by atoms with E-state index in [2.05, 4.69) is 15.6 Å². The van der Waals surface area contributed by atoms with E-state index in [9.17, 15) is 9.59 Å². The molecule has 2 amide bonds. The minimum Gasteiger partial charge on any atom is -0.454 e. The normalized spacial score (nSPS) is 14.8. The standard InChI is InChI=1S/C21H20N4O4/c26-20(23-14-7-8-17-18(9-14)29-12-28-17)11-25-16-4-2-1-3-15(16)24-19(25)10-22-21(27)13-5-6-13/h1-4,7-9,13H,5-6,10-12H2,(H,22,27)(H,23,26). The maximum atomic E-state index is 12.7. The monoisotopic (exact) mass is 392 g/mol. The molecule has 0 atom stereocenters. The Labute approximate surface area is 166 Å². The van der Waals surface area contributed by atoms with Crippen molar-refractivity contribution < 1.29 is 19.1 Å². The molecule has 8 nitrogen and oxygen atoms in total. The van der Waals surface area contributed by atoms with Gasteiger partial charge in [-0.3, -0.25) is 9.59 Å². The highest BCUT2D eigenvalue weighted by Crippen LogP contribution is 2.34. The Bertz CT molecular complexity index is 1100. The molecule has 0 unspecified atom stereocenters. The first-order valence-corrected chi connectivity index (χ1v) is 9.59. The van der Waals surface area contributed by atoms with E-state index in [1.165, 1.54) is 0 Å². The molecular weight excluding hydrogens is 372 g/mol. The second-order valence-corrected chi connectivity index (χ2v) is 7.21. The van der Waals surface area contributed by atoms with Crippen LogP contribution >= 0.6 is 0 Å². The van der Waals surface area contributed by atoms with E-state index < -0.39 is 0 Å². The van der Waals surface area contributed by atoms with Gasteiger partial charge in [-0.05, 0) is 37.1 Å². The summed E-state index contributed by atoms with van der Waals surface area (Å²) in [5.41, 5.74) is 2.27. The third kappa shape index (κ3) is 3.61. The number of anilines is 1. The lowest BCUT2D eigenvalue weighted by Crippen LogP contribution is -2.27. The Kier molecular flexibility index (Phi) is 4.31. The van der Waals surface area contributed by atoms with Crippen molar-refractivity contribution in [2.75, 3.05) is 12.1 Å². The van der Waals surface area contributed by atoms with Gasteiger partial charge in [-0.25, -0.2) is 4.98 Å². The van der Waals surface area contributed by atoms with Gasteiger partial charge in [-0.1, -0.05) is 12.1 Å². The molecule has 1 fully saturated rings. The van der Waals surface area contributed by atoms with Crippen LogP contribution in [0.15, 0.2) is 42.5 Å². The summed E-state index contributed by atoms with van der Waals surface area (Å²) in [6.45, 7) is 0.564. The quantitative estimate of drug-likeness (QED) is 0.672. The fraction of sp³-hybridized carbons (Fsp3) is 0.286. The van der Waals surface area contributed by atoms with Crippen molar-refractivity contribution in [3.63, 3.8) is 0 Å². The molecule has 1 aromatic heterocycles. The highest BCUT2D eigenvalue weighted by atomic mass is 16.7. The lowest BCUT2D eigenvalue weighted by Gasteiger charge is -2.11. The van der Waals surface area contributed by atoms with E-state index in [1.54, 1.807) is 18.2 Å². The molecule has 2 N–H and O–H groups in total. The number of fused-ring (bicyclic) bond motifs is 2. The minimum absolute atomic E-state index is 0.0495. The predicted octanol–water partition coefficient (Wildman–Crippen LogP) is 2.43. The van der Waals surface area contributed by atoms with Crippen molar-refractivity contribution in [1.82, 2.24) is 14.9 Å². The van der Waals surface area contributed by atoms with Gasteiger partial charge < -0.3 is 24.7 Å². The van der Waals surface area contributed by atoms with Gasteiger partial charge >= 0.3 is 0 Å². The van der Waals surface area contributed by atoms with Gasteiger partial charge in [0.2, 0.25) is 18.6 Å². The van der Waals surface area contributed by atoms with Crippen LogP contribution in [0.1, 0.15) is 18.7 Å². The second-order valence-electron chi connectivity index (χ2n) is 7.21. The number of aromatic nitrogens is 2. The summed E-state index contributed by atoms with van der Waals surface area (Å²) in [5.74, 6) is 1.91. The largest absolute Gasteiger partial charge is 0.454 e. The summed E-state index contributed by atoms with van der Waals surface area (Å²) >= 11 is 0. The second kappa shape index (κ2) is 7.12. The van der Waals surface area contributed by atoms with Crippen LogP contribution in [-0.4, -0.2) is 28.2 Å². The molecule has 2 aliphatic rings. The number of rotatable bonds is 6. The van der Waals surface area contributed by atoms with Crippen LogP contribution in [-0.2, 0) is 22.7 Å². The molecule has 2 heterocycles. The summed E-state index contributed by atoms with van der Waals surface area (Å²) in [5, 5.41) is 5.81. The number of benzene rings is 2. The minimum atomic E-state index is -0.193. The van der Waals surface area contributed by atoms with Crippen molar-refractivity contribution in [3.05, 3.63) is 48.3 Å². The molecule has 29 heavy (non-hydrogen) atoms. The average molecular weight is 392 g/mol. The van der Waals surface area contributed by atoms with Crippen LogP contribution < -0.4 is 20.1 Å². The molecule has 0 spiro atoms. The van der Waals surface area contributed by atoms with Crippen molar-refractivity contribution in [3.8, 4) is 11.5 Å². The number of ether oxygens (including phenoxy) is 2. The third-order valence-electron chi connectivity index (χ3n) is 5.06. The summed E-state index contributed by atoms with van der Waals surface area (Å²) < 4.78 is 12.5. The number of imidazole rings is 1. The Morgan fingerprint density at radius 2 is 1.93 bits per heavy atom. The van der Waals surface area contributed by atoms with Gasteiger partial charge in [-0.15, -0.1) is 0 Å². The summed E-state index contributed by atoms with van der Waals surface area (Å²) in [6.07, 6.45) is 1.89. The van der Waals surface area contributed by atoms with Gasteiger partial charge in [0, 0.05) is 17.7 Å². The van der Waals surface area contributed by atoms with Crippen LogP contribution in [0.4, 0.5) is 5.69 Å². The Morgan fingerprint density at radius 3 is 2.79 bits per heavy atom. The highest BCUT2D eigenvalue weighted by molar-refractivity contribution is 5.92. The number of para-hydroxylation sites is 2. The SMILES string of the molecule is O=C(Cn1c(CNC(=O)C2CC2)nc2ccccc21)Nc1ccc2c(c1)OCO2. The maximum Gasteiger partial charge on any atom is 0.244 e. The summed E-state index contributed by atoms with van der Waals surface area (Å²) in [4.78, 5) is 29.3. The fourth-order valence-corrected chi connectivity index (χ4v) is 3.41. The van der Waals surface area contributed by atoms with Gasteiger partial charge in [0.15, 0.2) is 11.5 Å². The van der Waals surface area contributed by atoms with E-state index in [1.807, 2.05) is 28.8 Å². The molecule has 1 aliphatic carbocycles. The van der Waals surface area contributed by atoms with E-state index in [0.29, 0.717) is 29.6 Å². The van der Waals surface area contributed by atoms with Crippen molar-refractivity contribution in [2.24, 2.45) is 5.92 Å². The number of hydrogen-bond donors (Lipinski definition) is 2. The average Bonchev–Trinajstić information content (AvgIpc) is 3.38. The number of carbonyl (C=O) groups excluding carboxylic acids is 2. The lowest BCUT2D eigenvalue weighted by molar-refractivity contribution is -0.122. The van der Waals surface area contributed by atoms with Gasteiger partial charge in [0.25, 0.3) is 0 Å². The van der Waals surface area contributed by atoms with Crippen LogP contribution in [0.5, 0.6) is 11.5 Å². The molecule has 8 heteroatoms. The van der Waals surface area contributed by atoms with Crippen molar-refractivity contribution >= 4 is 28.5 Å². The number of nitrogens with zero attached hydrogens (tertiary/aromatic N) is 2. The van der Waals surface area contributed by atoms with E-state index in [0.717, 1.165) is 23.9 Å². The summed E-state index contributed by atoms with van der Waals surface area (Å²) in [6, 6.07) is 12.9. The van der Waals surface area contributed by atoms with Crippen molar-refractivity contribution in [2.45, 2.75) is 25.9 Å². The van der Waals surface area contributed by atoms with Crippen LogP contribution in [0.2, 0.25) is 0 Å². The molecule has 0 bridgehead atoms. The molecule has 3 aromatic rings. The number of hydrogen-bond acceptors (Lipinski definition) is 5. The maximum absolute atomic E-state index is 12.7. The molecule has 2 aromatic carbocycles. The molecular formula is C21H20N4O4. The first-order chi connectivity index (χ1) is 14.2. The number of nitrogens with one attached hydrogen (secondary N) is 2. The fourth-order valence-electron chi connectivity index (χ4n) is 3.41. The topological polar surface area (TPSA) is 94.5 Å². The zero-order chi connectivity index (χ0) is 19.8. The van der Waals surface area contributed by atoms with Crippen LogP contribution in [0.25, 0.3) is 11.0 Å². The third-order valence-corrected chi connectivity index (χ3v) is 5.06. The van der Waals surface area contributed by atoms with Gasteiger partial charge in [0.1, 0.15) is 12.4 Å². The van der Waals surface area contributed by atoms with Crippen molar-refractivity contribution in [1.29, 1.82) is 0 Å².